The summed E-state index contributed by atoms with van der Waals surface area (Å²) < 4.78 is 0. The molecule has 0 fully saturated rings. The third-order valence-electron chi connectivity index (χ3n) is 2.97. The van der Waals surface area contributed by atoms with Crippen LogP contribution < -0.4 is 10.6 Å². The summed E-state index contributed by atoms with van der Waals surface area (Å²) in [5.74, 6) is 1.02. The highest BCUT2D eigenvalue weighted by atomic mass is 35.5. The predicted molar refractivity (Wildman–Crippen MR) is 96.5 cm³/mol. The zero-order valence-electron chi connectivity index (χ0n) is 11.7. The van der Waals surface area contributed by atoms with Crippen LogP contribution in [0.1, 0.15) is 0 Å². The number of anilines is 4. The van der Waals surface area contributed by atoms with Gasteiger partial charge in [-0.1, -0.05) is 46.9 Å². The predicted octanol–water partition coefficient (Wildman–Crippen LogP) is 5.92. The van der Waals surface area contributed by atoms with E-state index in [1.807, 2.05) is 18.2 Å². The first-order valence-corrected chi connectivity index (χ1v) is 7.82. The molecular weight excluding hydrogens is 355 g/mol. The molecule has 116 valence electrons. The molecule has 3 aromatic rings. The second-order valence-electron chi connectivity index (χ2n) is 4.62. The summed E-state index contributed by atoms with van der Waals surface area (Å²) in [6.07, 6.45) is 1.64. The van der Waals surface area contributed by atoms with Gasteiger partial charge in [-0.05, 0) is 36.4 Å². The van der Waals surface area contributed by atoms with Gasteiger partial charge in [0.15, 0.2) is 0 Å². The Morgan fingerprint density at radius 1 is 0.783 bits per heavy atom. The highest BCUT2D eigenvalue weighted by Crippen LogP contribution is 2.28. The lowest BCUT2D eigenvalue weighted by molar-refractivity contribution is 1.17. The van der Waals surface area contributed by atoms with Crippen LogP contribution in [-0.2, 0) is 0 Å². The van der Waals surface area contributed by atoms with E-state index in [2.05, 4.69) is 20.6 Å². The summed E-state index contributed by atoms with van der Waals surface area (Å²) in [6, 6.07) is 14.3. The molecule has 0 aliphatic rings. The molecule has 0 aliphatic heterocycles. The van der Waals surface area contributed by atoms with Gasteiger partial charge in [0.25, 0.3) is 0 Å². The molecule has 0 atom stereocenters. The standard InChI is InChI=1S/C16H11Cl3N4/c17-10-5-6-14(12(19)9-10)22-16-20-8-7-15(23-16)21-13-4-2-1-3-11(13)18/h1-9H,(H2,20,21,22,23). The van der Waals surface area contributed by atoms with E-state index in [0.717, 1.165) is 5.69 Å². The summed E-state index contributed by atoms with van der Waals surface area (Å²) in [7, 11) is 0. The van der Waals surface area contributed by atoms with E-state index in [0.29, 0.717) is 32.5 Å². The summed E-state index contributed by atoms with van der Waals surface area (Å²) in [6.45, 7) is 0. The van der Waals surface area contributed by atoms with Crippen LogP contribution in [0.2, 0.25) is 15.1 Å². The van der Waals surface area contributed by atoms with E-state index in [1.54, 1.807) is 36.5 Å². The number of para-hydroxylation sites is 1. The third-order valence-corrected chi connectivity index (χ3v) is 3.85. The largest absolute Gasteiger partial charge is 0.339 e. The maximum atomic E-state index is 6.13. The molecule has 0 unspecified atom stereocenters. The van der Waals surface area contributed by atoms with Crippen molar-refractivity contribution in [1.29, 1.82) is 0 Å². The lowest BCUT2D eigenvalue weighted by atomic mass is 10.3. The molecule has 2 N–H and O–H groups in total. The lowest BCUT2D eigenvalue weighted by Gasteiger charge is -2.10. The van der Waals surface area contributed by atoms with Crippen molar-refractivity contribution in [2.24, 2.45) is 0 Å². The van der Waals surface area contributed by atoms with Gasteiger partial charge in [-0.2, -0.15) is 4.98 Å². The fraction of sp³-hybridized carbons (Fsp3) is 0. The number of rotatable bonds is 4. The normalized spacial score (nSPS) is 10.4. The molecule has 4 nitrogen and oxygen atoms in total. The quantitative estimate of drug-likeness (QED) is 0.602. The summed E-state index contributed by atoms with van der Waals surface area (Å²) >= 11 is 18.1. The van der Waals surface area contributed by atoms with Gasteiger partial charge in [-0.25, -0.2) is 4.98 Å². The number of aromatic nitrogens is 2. The van der Waals surface area contributed by atoms with Gasteiger partial charge < -0.3 is 10.6 Å². The summed E-state index contributed by atoms with van der Waals surface area (Å²) in [5, 5.41) is 7.87. The molecule has 0 spiro atoms. The van der Waals surface area contributed by atoms with Gasteiger partial charge in [-0.15, -0.1) is 0 Å². The van der Waals surface area contributed by atoms with Crippen LogP contribution in [0.3, 0.4) is 0 Å². The van der Waals surface area contributed by atoms with Crippen LogP contribution >= 0.6 is 34.8 Å². The SMILES string of the molecule is Clc1ccc(Nc2nccc(Nc3ccccc3Cl)n2)c(Cl)c1. The Bertz CT molecular complexity index is 839. The number of hydrogen-bond donors (Lipinski definition) is 2. The fourth-order valence-corrected chi connectivity index (χ4v) is 2.54. The van der Waals surface area contributed by atoms with Gasteiger partial charge in [0.05, 0.1) is 21.4 Å². The van der Waals surface area contributed by atoms with Crippen LogP contribution in [0.4, 0.5) is 23.1 Å². The van der Waals surface area contributed by atoms with Gasteiger partial charge in [0.1, 0.15) is 5.82 Å². The minimum absolute atomic E-state index is 0.409. The van der Waals surface area contributed by atoms with E-state index < -0.39 is 0 Å². The van der Waals surface area contributed by atoms with Crippen molar-refractivity contribution in [1.82, 2.24) is 9.97 Å². The first-order valence-electron chi connectivity index (χ1n) is 6.68. The molecule has 1 heterocycles. The minimum Gasteiger partial charge on any atom is -0.339 e. The van der Waals surface area contributed by atoms with Gasteiger partial charge in [0.2, 0.25) is 5.95 Å². The monoisotopic (exact) mass is 364 g/mol. The van der Waals surface area contributed by atoms with Crippen molar-refractivity contribution in [3.05, 3.63) is 69.8 Å². The number of hydrogen-bond acceptors (Lipinski definition) is 4. The van der Waals surface area contributed by atoms with Crippen molar-refractivity contribution < 1.29 is 0 Å². The second-order valence-corrected chi connectivity index (χ2v) is 5.87. The van der Waals surface area contributed by atoms with Crippen molar-refractivity contribution in [3.8, 4) is 0 Å². The summed E-state index contributed by atoms with van der Waals surface area (Å²) in [4.78, 5) is 8.56. The van der Waals surface area contributed by atoms with Crippen LogP contribution in [0.25, 0.3) is 0 Å². The fourth-order valence-electron chi connectivity index (χ4n) is 1.90. The highest BCUT2D eigenvalue weighted by Gasteiger charge is 2.06. The first kappa shape index (κ1) is 15.9. The van der Waals surface area contributed by atoms with E-state index >= 15 is 0 Å². The minimum atomic E-state index is 0.409. The lowest BCUT2D eigenvalue weighted by Crippen LogP contribution is -2.01. The summed E-state index contributed by atoms with van der Waals surface area (Å²) in [5.41, 5.74) is 1.44. The Morgan fingerprint density at radius 3 is 2.35 bits per heavy atom. The van der Waals surface area contributed by atoms with Gasteiger partial charge in [-0.3, -0.25) is 0 Å². The molecule has 1 aromatic heterocycles. The molecule has 0 bridgehead atoms. The Morgan fingerprint density at radius 2 is 1.57 bits per heavy atom. The highest BCUT2D eigenvalue weighted by molar-refractivity contribution is 6.36. The average Bonchev–Trinajstić information content (AvgIpc) is 2.53. The zero-order valence-corrected chi connectivity index (χ0v) is 14.0. The van der Waals surface area contributed by atoms with Crippen molar-refractivity contribution in [2.45, 2.75) is 0 Å². The average molecular weight is 366 g/mol. The molecule has 23 heavy (non-hydrogen) atoms. The molecule has 2 aromatic carbocycles. The maximum absolute atomic E-state index is 6.13. The smallest absolute Gasteiger partial charge is 0.229 e. The number of benzene rings is 2. The molecule has 0 radical (unpaired) electrons. The second kappa shape index (κ2) is 7.04. The van der Waals surface area contributed by atoms with Crippen LogP contribution in [0.15, 0.2) is 54.7 Å². The number of halogens is 3. The van der Waals surface area contributed by atoms with E-state index in [-0.39, 0.29) is 0 Å². The van der Waals surface area contributed by atoms with Gasteiger partial charge in [0, 0.05) is 11.2 Å². The van der Waals surface area contributed by atoms with Gasteiger partial charge >= 0.3 is 0 Å². The molecule has 0 amide bonds. The number of nitrogens with one attached hydrogen (secondary N) is 2. The first-order chi connectivity index (χ1) is 11.1. The van der Waals surface area contributed by atoms with E-state index in [9.17, 15) is 0 Å². The van der Waals surface area contributed by atoms with Crippen LogP contribution in [0.5, 0.6) is 0 Å². The Labute approximate surface area is 148 Å². The molecular formula is C16H11Cl3N4. The van der Waals surface area contributed by atoms with Crippen molar-refractivity contribution in [2.75, 3.05) is 10.6 Å². The van der Waals surface area contributed by atoms with Crippen molar-refractivity contribution in [3.63, 3.8) is 0 Å². The Kier molecular flexibility index (Phi) is 4.86. The maximum Gasteiger partial charge on any atom is 0.229 e. The molecule has 0 saturated carbocycles. The topological polar surface area (TPSA) is 49.8 Å². The molecule has 3 rings (SSSR count). The molecule has 0 aliphatic carbocycles. The molecule has 7 heteroatoms. The zero-order chi connectivity index (χ0) is 16.2. The van der Waals surface area contributed by atoms with Crippen LogP contribution in [0, 0.1) is 0 Å². The van der Waals surface area contributed by atoms with Crippen molar-refractivity contribution >= 4 is 57.9 Å². The Hall–Kier alpha value is -2.01. The number of nitrogens with zero attached hydrogens (tertiary/aromatic N) is 2. The third kappa shape index (κ3) is 4.05. The Balaban J connectivity index is 1.81. The van der Waals surface area contributed by atoms with Crippen LogP contribution in [-0.4, -0.2) is 9.97 Å². The van der Waals surface area contributed by atoms with E-state index in [4.69, 9.17) is 34.8 Å². The van der Waals surface area contributed by atoms with E-state index in [1.165, 1.54) is 0 Å². The molecule has 0 saturated heterocycles.